The van der Waals surface area contributed by atoms with Gasteiger partial charge < -0.3 is 10.8 Å². The monoisotopic (exact) mass is 339 g/mol. The van der Waals surface area contributed by atoms with Crippen molar-refractivity contribution in [3.8, 4) is 0 Å². The lowest BCUT2D eigenvalue weighted by atomic mass is 9.83. The van der Waals surface area contributed by atoms with Crippen LogP contribution < -0.4 is 5.73 Å². The van der Waals surface area contributed by atoms with Gasteiger partial charge in [-0.2, -0.15) is 0 Å². The SMILES string of the molecule is NCC(c1ccc(Br)cc1)C(O)CCC1CCCCC1. The van der Waals surface area contributed by atoms with Gasteiger partial charge in [-0.05, 0) is 36.5 Å². The van der Waals surface area contributed by atoms with Crippen LogP contribution in [0.4, 0.5) is 0 Å². The topological polar surface area (TPSA) is 46.2 Å². The second kappa shape index (κ2) is 8.16. The van der Waals surface area contributed by atoms with Gasteiger partial charge in [0.05, 0.1) is 6.10 Å². The molecule has 0 heterocycles. The summed E-state index contributed by atoms with van der Waals surface area (Å²) in [4.78, 5) is 0. The number of rotatable bonds is 6. The fourth-order valence-corrected chi connectivity index (χ4v) is 3.57. The minimum atomic E-state index is -0.317. The minimum absolute atomic E-state index is 0.0618. The van der Waals surface area contributed by atoms with Gasteiger partial charge in [0, 0.05) is 16.9 Å². The molecule has 1 saturated carbocycles. The third-order valence-corrected chi connectivity index (χ3v) is 5.14. The molecule has 0 amide bonds. The third kappa shape index (κ3) is 4.57. The molecule has 1 aliphatic rings. The molecule has 1 aliphatic carbocycles. The molecule has 0 saturated heterocycles. The molecule has 0 radical (unpaired) electrons. The smallest absolute Gasteiger partial charge is 0.0621 e. The molecule has 1 fully saturated rings. The first-order valence-electron chi connectivity index (χ1n) is 7.84. The van der Waals surface area contributed by atoms with Gasteiger partial charge in [-0.3, -0.25) is 0 Å². The highest BCUT2D eigenvalue weighted by Gasteiger charge is 2.22. The molecule has 1 aromatic carbocycles. The molecule has 2 nitrogen and oxygen atoms in total. The summed E-state index contributed by atoms with van der Waals surface area (Å²) >= 11 is 3.44. The van der Waals surface area contributed by atoms with E-state index in [9.17, 15) is 5.11 Å². The van der Waals surface area contributed by atoms with Crippen LogP contribution in [-0.4, -0.2) is 17.8 Å². The van der Waals surface area contributed by atoms with Crippen molar-refractivity contribution in [2.75, 3.05) is 6.54 Å². The van der Waals surface area contributed by atoms with Crippen LogP contribution >= 0.6 is 15.9 Å². The predicted octanol–water partition coefficient (Wildman–Crippen LogP) is 4.21. The fourth-order valence-electron chi connectivity index (χ4n) is 3.31. The van der Waals surface area contributed by atoms with Gasteiger partial charge in [-0.15, -0.1) is 0 Å². The van der Waals surface area contributed by atoms with Gasteiger partial charge in [-0.25, -0.2) is 0 Å². The highest BCUT2D eigenvalue weighted by Crippen LogP contribution is 2.30. The Morgan fingerprint density at radius 1 is 1.15 bits per heavy atom. The second-order valence-corrected chi connectivity index (χ2v) is 6.96. The quantitative estimate of drug-likeness (QED) is 0.815. The minimum Gasteiger partial charge on any atom is -0.392 e. The van der Waals surface area contributed by atoms with Crippen LogP contribution in [0.5, 0.6) is 0 Å². The Bertz CT molecular complexity index is 386. The maximum atomic E-state index is 10.5. The standard InChI is InChI=1S/C17H26BrNO/c18-15-9-7-14(8-10-15)16(12-19)17(20)11-6-13-4-2-1-3-5-13/h7-10,13,16-17,20H,1-6,11-12,19H2. The van der Waals surface area contributed by atoms with Gasteiger partial charge in [0.25, 0.3) is 0 Å². The maximum absolute atomic E-state index is 10.5. The van der Waals surface area contributed by atoms with Crippen LogP contribution in [0.15, 0.2) is 28.7 Å². The number of hydrogen-bond donors (Lipinski definition) is 2. The number of nitrogens with two attached hydrogens (primary N) is 1. The Morgan fingerprint density at radius 3 is 2.40 bits per heavy atom. The maximum Gasteiger partial charge on any atom is 0.0621 e. The molecule has 112 valence electrons. The Labute approximate surface area is 130 Å². The molecular weight excluding hydrogens is 314 g/mol. The van der Waals surface area contributed by atoms with E-state index in [1.54, 1.807) is 0 Å². The van der Waals surface area contributed by atoms with Crippen LogP contribution in [0, 0.1) is 5.92 Å². The van der Waals surface area contributed by atoms with Crippen molar-refractivity contribution in [1.29, 1.82) is 0 Å². The van der Waals surface area contributed by atoms with E-state index in [-0.39, 0.29) is 12.0 Å². The van der Waals surface area contributed by atoms with Crippen LogP contribution in [0.3, 0.4) is 0 Å². The summed E-state index contributed by atoms with van der Waals surface area (Å²) in [5.41, 5.74) is 7.03. The van der Waals surface area contributed by atoms with E-state index in [1.165, 1.54) is 32.1 Å². The van der Waals surface area contributed by atoms with E-state index in [1.807, 2.05) is 12.1 Å². The highest BCUT2D eigenvalue weighted by molar-refractivity contribution is 9.10. The Morgan fingerprint density at radius 2 is 1.80 bits per heavy atom. The Kier molecular flexibility index (Phi) is 6.53. The Balaban J connectivity index is 1.87. The average Bonchev–Trinajstić information content (AvgIpc) is 2.49. The molecule has 0 aromatic heterocycles. The van der Waals surface area contributed by atoms with Gasteiger partial charge >= 0.3 is 0 Å². The Hall–Kier alpha value is -0.380. The largest absolute Gasteiger partial charge is 0.392 e. The third-order valence-electron chi connectivity index (χ3n) is 4.61. The molecular formula is C17H26BrNO. The van der Waals surface area contributed by atoms with E-state index in [4.69, 9.17) is 5.73 Å². The molecule has 20 heavy (non-hydrogen) atoms. The van der Waals surface area contributed by atoms with Crippen molar-refractivity contribution in [3.63, 3.8) is 0 Å². The van der Waals surface area contributed by atoms with Crippen molar-refractivity contribution in [3.05, 3.63) is 34.3 Å². The predicted molar refractivity (Wildman–Crippen MR) is 87.8 cm³/mol. The molecule has 0 bridgehead atoms. The normalized spacial score (nSPS) is 19.8. The summed E-state index contributed by atoms with van der Waals surface area (Å²) in [5.74, 6) is 0.883. The van der Waals surface area contributed by atoms with Crippen molar-refractivity contribution in [1.82, 2.24) is 0 Å². The van der Waals surface area contributed by atoms with E-state index in [2.05, 4.69) is 28.1 Å². The van der Waals surface area contributed by atoms with Crippen LogP contribution in [0.1, 0.15) is 56.4 Å². The first-order valence-corrected chi connectivity index (χ1v) is 8.63. The molecule has 3 N–H and O–H groups in total. The molecule has 0 aliphatic heterocycles. The van der Waals surface area contributed by atoms with E-state index < -0.39 is 0 Å². The summed E-state index contributed by atoms with van der Waals surface area (Å²) in [7, 11) is 0. The number of halogens is 1. The average molecular weight is 340 g/mol. The second-order valence-electron chi connectivity index (χ2n) is 6.04. The first-order chi connectivity index (χ1) is 9.70. The number of aliphatic hydroxyl groups excluding tert-OH is 1. The molecule has 0 spiro atoms. The molecule has 2 rings (SSSR count). The number of hydrogen-bond acceptors (Lipinski definition) is 2. The zero-order chi connectivity index (χ0) is 14.4. The summed E-state index contributed by atoms with van der Waals surface area (Å²) < 4.78 is 1.06. The van der Waals surface area contributed by atoms with Gasteiger partial charge in [0.2, 0.25) is 0 Å². The summed E-state index contributed by atoms with van der Waals surface area (Å²) in [6, 6.07) is 8.16. The van der Waals surface area contributed by atoms with E-state index in [0.717, 1.165) is 28.8 Å². The zero-order valence-corrected chi connectivity index (χ0v) is 13.7. The lowest BCUT2D eigenvalue weighted by molar-refractivity contribution is 0.123. The molecule has 2 atom stereocenters. The number of benzene rings is 1. The lowest BCUT2D eigenvalue weighted by Crippen LogP contribution is -2.26. The zero-order valence-electron chi connectivity index (χ0n) is 12.1. The summed E-state index contributed by atoms with van der Waals surface area (Å²) in [6.45, 7) is 0.507. The number of aliphatic hydroxyl groups is 1. The van der Waals surface area contributed by atoms with Gasteiger partial charge in [0.1, 0.15) is 0 Å². The fraction of sp³-hybridized carbons (Fsp3) is 0.647. The first kappa shape index (κ1) is 16.0. The van der Waals surface area contributed by atoms with E-state index in [0.29, 0.717) is 6.54 Å². The molecule has 3 heteroatoms. The summed E-state index contributed by atoms with van der Waals surface area (Å²) in [6.07, 6.45) is 8.53. The van der Waals surface area contributed by atoms with Crippen molar-refractivity contribution < 1.29 is 5.11 Å². The lowest BCUT2D eigenvalue weighted by Gasteiger charge is -2.26. The van der Waals surface area contributed by atoms with Crippen LogP contribution in [-0.2, 0) is 0 Å². The van der Waals surface area contributed by atoms with Crippen LogP contribution in [0.2, 0.25) is 0 Å². The van der Waals surface area contributed by atoms with E-state index >= 15 is 0 Å². The van der Waals surface area contributed by atoms with Crippen molar-refractivity contribution in [2.45, 2.75) is 57.0 Å². The highest BCUT2D eigenvalue weighted by atomic mass is 79.9. The summed E-state index contributed by atoms with van der Waals surface area (Å²) in [5, 5.41) is 10.5. The molecule has 2 unspecified atom stereocenters. The molecule has 1 aromatic rings. The van der Waals surface area contributed by atoms with Gasteiger partial charge in [-0.1, -0.05) is 60.2 Å². The van der Waals surface area contributed by atoms with Crippen molar-refractivity contribution >= 4 is 15.9 Å². The van der Waals surface area contributed by atoms with Crippen molar-refractivity contribution in [2.24, 2.45) is 11.7 Å². The van der Waals surface area contributed by atoms with Crippen LogP contribution in [0.25, 0.3) is 0 Å². The van der Waals surface area contributed by atoms with Gasteiger partial charge in [0.15, 0.2) is 0 Å².